The Kier molecular flexibility index (Phi) is 3.38. The zero-order valence-corrected chi connectivity index (χ0v) is 11.2. The lowest BCUT2D eigenvalue weighted by Gasteiger charge is -2.26. The molecule has 0 spiro atoms. The minimum Gasteiger partial charge on any atom is -0.307 e. The second-order valence-corrected chi connectivity index (χ2v) is 4.68. The van der Waals surface area contributed by atoms with Gasteiger partial charge < -0.3 is 4.90 Å². The van der Waals surface area contributed by atoms with Crippen molar-refractivity contribution >= 4 is 29.1 Å². The first-order valence-electron chi connectivity index (χ1n) is 6.16. The van der Waals surface area contributed by atoms with Gasteiger partial charge in [0.05, 0.1) is 11.4 Å². The van der Waals surface area contributed by atoms with E-state index in [0.717, 1.165) is 4.90 Å². The quantitative estimate of drug-likeness (QED) is 0.713. The predicted octanol–water partition coefficient (Wildman–Crippen LogP) is 1.71. The van der Waals surface area contributed by atoms with Crippen LogP contribution in [0.2, 0.25) is 0 Å². The van der Waals surface area contributed by atoms with Gasteiger partial charge in [-0.25, -0.2) is 4.90 Å². The Hall–Kier alpha value is -2.17. The highest BCUT2D eigenvalue weighted by Gasteiger charge is 2.33. The highest BCUT2D eigenvalue weighted by Crippen LogP contribution is 2.35. The highest BCUT2D eigenvalue weighted by atomic mass is 16.2. The molecule has 1 aromatic rings. The third-order valence-corrected chi connectivity index (χ3v) is 3.20. The minimum absolute atomic E-state index is 0.133. The number of imide groups is 1. The SMILES string of the molecule is CC(=O)N1C(=O)CC(C)N(C(C)=O)c2ccccc21. The van der Waals surface area contributed by atoms with Gasteiger partial charge >= 0.3 is 0 Å². The summed E-state index contributed by atoms with van der Waals surface area (Å²) >= 11 is 0. The fraction of sp³-hybridized carbons (Fsp3) is 0.357. The topological polar surface area (TPSA) is 57.7 Å². The van der Waals surface area contributed by atoms with E-state index in [1.165, 1.54) is 13.8 Å². The second kappa shape index (κ2) is 4.84. The van der Waals surface area contributed by atoms with Gasteiger partial charge in [0.2, 0.25) is 17.7 Å². The number of anilines is 2. The Morgan fingerprint density at radius 2 is 1.68 bits per heavy atom. The third-order valence-electron chi connectivity index (χ3n) is 3.20. The molecular formula is C14H16N2O3. The fourth-order valence-electron chi connectivity index (χ4n) is 2.49. The van der Waals surface area contributed by atoms with Gasteiger partial charge in [0.15, 0.2) is 0 Å². The monoisotopic (exact) mass is 260 g/mol. The molecule has 1 heterocycles. The first kappa shape index (κ1) is 13.3. The van der Waals surface area contributed by atoms with Gasteiger partial charge in [0.1, 0.15) is 0 Å². The molecule has 0 N–H and O–H groups in total. The number of para-hydroxylation sites is 2. The van der Waals surface area contributed by atoms with E-state index in [9.17, 15) is 14.4 Å². The molecule has 0 radical (unpaired) electrons. The minimum atomic E-state index is -0.338. The molecule has 0 aromatic heterocycles. The molecule has 0 fully saturated rings. The third kappa shape index (κ3) is 2.23. The zero-order valence-electron chi connectivity index (χ0n) is 11.2. The van der Waals surface area contributed by atoms with Crippen molar-refractivity contribution in [3.05, 3.63) is 24.3 Å². The summed E-state index contributed by atoms with van der Waals surface area (Å²) in [5, 5.41) is 0. The molecule has 0 bridgehead atoms. The first-order valence-corrected chi connectivity index (χ1v) is 6.16. The maximum atomic E-state index is 12.2. The van der Waals surface area contributed by atoms with E-state index in [0.29, 0.717) is 11.4 Å². The van der Waals surface area contributed by atoms with Crippen molar-refractivity contribution in [1.82, 2.24) is 0 Å². The van der Waals surface area contributed by atoms with Crippen molar-refractivity contribution in [2.45, 2.75) is 33.2 Å². The maximum Gasteiger partial charge on any atom is 0.235 e. The van der Waals surface area contributed by atoms with Gasteiger partial charge in [0, 0.05) is 26.3 Å². The van der Waals surface area contributed by atoms with E-state index in [4.69, 9.17) is 0 Å². The van der Waals surface area contributed by atoms with Crippen LogP contribution < -0.4 is 9.80 Å². The lowest BCUT2D eigenvalue weighted by molar-refractivity contribution is -0.125. The molecule has 3 amide bonds. The molecule has 0 saturated carbocycles. The normalized spacial score (nSPS) is 18.9. The Labute approximate surface area is 111 Å². The number of rotatable bonds is 0. The van der Waals surface area contributed by atoms with Crippen molar-refractivity contribution in [2.75, 3.05) is 9.80 Å². The summed E-state index contributed by atoms with van der Waals surface area (Å²) in [6, 6.07) is 6.70. The lowest BCUT2D eigenvalue weighted by Crippen LogP contribution is -2.38. The summed E-state index contributed by atoms with van der Waals surface area (Å²) in [5.41, 5.74) is 1.07. The molecule has 0 saturated heterocycles. The van der Waals surface area contributed by atoms with Gasteiger partial charge in [-0.2, -0.15) is 0 Å². The molecule has 1 atom stereocenters. The van der Waals surface area contributed by atoms with E-state index < -0.39 is 0 Å². The van der Waals surface area contributed by atoms with Crippen LogP contribution in [0, 0.1) is 0 Å². The van der Waals surface area contributed by atoms with Crippen LogP contribution in [-0.2, 0) is 14.4 Å². The summed E-state index contributed by atoms with van der Waals surface area (Å²) in [5.74, 6) is -0.760. The molecule has 0 aliphatic carbocycles. The van der Waals surface area contributed by atoms with Gasteiger partial charge in [0.25, 0.3) is 0 Å². The van der Waals surface area contributed by atoms with Crippen molar-refractivity contribution in [3.63, 3.8) is 0 Å². The molecule has 100 valence electrons. The second-order valence-electron chi connectivity index (χ2n) is 4.68. The lowest BCUT2D eigenvalue weighted by atomic mass is 10.2. The van der Waals surface area contributed by atoms with Crippen LogP contribution in [-0.4, -0.2) is 23.8 Å². The summed E-state index contributed by atoms with van der Waals surface area (Å²) in [4.78, 5) is 38.4. The Balaban J connectivity index is 2.66. The summed E-state index contributed by atoms with van der Waals surface area (Å²) in [6.07, 6.45) is 0.133. The first-order chi connectivity index (χ1) is 8.93. The largest absolute Gasteiger partial charge is 0.307 e. The van der Waals surface area contributed by atoms with Crippen LogP contribution in [0.15, 0.2) is 24.3 Å². The Morgan fingerprint density at radius 3 is 2.21 bits per heavy atom. The highest BCUT2D eigenvalue weighted by molar-refractivity contribution is 6.18. The number of carbonyl (C=O) groups excluding carboxylic acids is 3. The Bertz CT molecular complexity index is 553. The number of nitrogens with zero attached hydrogens (tertiary/aromatic N) is 2. The van der Waals surface area contributed by atoms with Crippen LogP contribution in [0.1, 0.15) is 27.2 Å². The predicted molar refractivity (Wildman–Crippen MR) is 71.8 cm³/mol. The number of amides is 3. The van der Waals surface area contributed by atoms with E-state index in [-0.39, 0.29) is 30.2 Å². The summed E-state index contributed by atoms with van der Waals surface area (Å²) < 4.78 is 0. The number of benzene rings is 1. The van der Waals surface area contributed by atoms with E-state index >= 15 is 0 Å². The molecule has 1 aliphatic heterocycles. The maximum absolute atomic E-state index is 12.2. The number of hydrogen-bond donors (Lipinski definition) is 0. The van der Waals surface area contributed by atoms with E-state index in [1.54, 1.807) is 36.1 Å². The molecule has 5 nitrogen and oxygen atoms in total. The van der Waals surface area contributed by atoms with Gasteiger partial charge in [-0.05, 0) is 19.1 Å². The van der Waals surface area contributed by atoms with Crippen LogP contribution in [0.3, 0.4) is 0 Å². The van der Waals surface area contributed by atoms with Crippen LogP contribution in [0.4, 0.5) is 11.4 Å². The zero-order chi connectivity index (χ0) is 14.2. The molecular weight excluding hydrogens is 244 g/mol. The van der Waals surface area contributed by atoms with Gasteiger partial charge in [-0.1, -0.05) is 12.1 Å². The van der Waals surface area contributed by atoms with Crippen molar-refractivity contribution in [3.8, 4) is 0 Å². The number of fused-ring (bicyclic) bond motifs is 1. The molecule has 1 aliphatic rings. The number of hydrogen-bond acceptors (Lipinski definition) is 3. The van der Waals surface area contributed by atoms with Gasteiger partial charge in [-0.3, -0.25) is 14.4 Å². The van der Waals surface area contributed by atoms with Crippen LogP contribution >= 0.6 is 0 Å². The number of carbonyl (C=O) groups is 3. The van der Waals surface area contributed by atoms with Crippen molar-refractivity contribution < 1.29 is 14.4 Å². The molecule has 5 heteroatoms. The Morgan fingerprint density at radius 1 is 1.11 bits per heavy atom. The van der Waals surface area contributed by atoms with Crippen LogP contribution in [0.25, 0.3) is 0 Å². The average molecular weight is 260 g/mol. The molecule has 2 rings (SSSR count). The summed E-state index contributed by atoms with van der Waals surface area (Å²) in [6.45, 7) is 4.61. The molecule has 19 heavy (non-hydrogen) atoms. The molecule has 1 unspecified atom stereocenters. The summed E-state index contributed by atoms with van der Waals surface area (Å²) in [7, 11) is 0. The van der Waals surface area contributed by atoms with Gasteiger partial charge in [-0.15, -0.1) is 0 Å². The average Bonchev–Trinajstić information content (AvgIpc) is 2.40. The standard InChI is InChI=1S/C14H16N2O3/c1-9-8-14(19)16(11(3)18)13-7-5-4-6-12(13)15(9)10(2)17/h4-7,9H,8H2,1-3H3. The van der Waals surface area contributed by atoms with Crippen molar-refractivity contribution in [2.24, 2.45) is 0 Å². The van der Waals surface area contributed by atoms with E-state index in [1.807, 2.05) is 0 Å². The van der Waals surface area contributed by atoms with E-state index in [2.05, 4.69) is 0 Å². The smallest absolute Gasteiger partial charge is 0.235 e. The van der Waals surface area contributed by atoms with Crippen LogP contribution in [0.5, 0.6) is 0 Å². The fourth-order valence-corrected chi connectivity index (χ4v) is 2.49. The molecule has 1 aromatic carbocycles. The van der Waals surface area contributed by atoms with Crippen molar-refractivity contribution in [1.29, 1.82) is 0 Å².